The lowest BCUT2D eigenvalue weighted by atomic mass is 10.3. The zero-order chi connectivity index (χ0) is 7.84. The van der Waals surface area contributed by atoms with E-state index in [1.54, 1.807) is 4.52 Å². The van der Waals surface area contributed by atoms with Crippen LogP contribution in [0.3, 0.4) is 0 Å². The molecule has 0 spiro atoms. The first-order chi connectivity index (χ1) is 5.27. The second-order valence-electron chi connectivity index (χ2n) is 2.57. The minimum absolute atomic E-state index is 0.979. The van der Waals surface area contributed by atoms with Gasteiger partial charge in [0.15, 0.2) is 0 Å². The van der Waals surface area contributed by atoms with Crippen LogP contribution < -0.4 is 0 Å². The number of aromatic nitrogens is 3. The predicted molar refractivity (Wildman–Crippen MR) is 41.3 cm³/mol. The predicted octanol–water partition coefficient (Wildman–Crippen LogP) is 1.15. The fraction of sp³-hybridized carbons (Fsp3) is 0.250. The Labute approximate surface area is 64.7 Å². The molecule has 3 heteroatoms. The average molecular weight is 146 g/mol. The second kappa shape index (κ2) is 2.05. The minimum Gasteiger partial charge on any atom is -0.255 e. The van der Waals surface area contributed by atoms with Crippen LogP contribution in [0.4, 0.5) is 0 Å². The van der Waals surface area contributed by atoms with Gasteiger partial charge in [-0.25, -0.2) is 4.52 Å². The SMILES string of the molecule is Cc1cn2n[c]cc2c(C)n1. The molecule has 1 radical (unpaired) electrons. The maximum Gasteiger partial charge on any atom is 0.114 e. The number of rotatable bonds is 0. The zero-order valence-corrected chi connectivity index (χ0v) is 6.50. The third-order valence-corrected chi connectivity index (χ3v) is 1.64. The van der Waals surface area contributed by atoms with Crippen LogP contribution in [0.25, 0.3) is 5.52 Å². The topological polar surface area (TPSA) is 30.2 Å². The summed E-state index contributed by atoms with van der Waals surface area (Å²) in [6.45, 7) is 3.92. The highest BCUT2D eigenvalue weighted by Crippen LogP contribution is 2.06. The number of nitrogens with zero attached hydrogens (tertiary/aromatic N) is 3. The highest BCUT2D eigenvalue weighted by atomic mass is 15.2. The van der Waals surface area contributed by atoms with Crippen molar-refractivity contribution in [3.05, 3.63) is 29.8 Å². The van der Waals surface area contributed by atoms with Crippen molar-refractivity contribution in [3.8, 4) is 0 Å². The van der Waals surface area contributed by atoms with Gasteiger partial charge in [-0.1, -0.05) is 0 Å². The molecule has 2 heterocycles. The van der Waals surface area contributed by atoms with Gasteiger partial charge in [-0.15, -0.1) is 0 Å². The van der Waals surface area contributed by atoms with Crippen LogP contribution in [-0.2, 0) is 0 Å². The first-order valence-electron chi connectivity index (χ1n) is 3.47. The van der Waals surface area contributed by atoms with E-state index in [0.717, 1.165) is 16.9 Å². The van der Waals surface area contributed by atoms with Crippen LogP contribution in [-0.4, -0.2) is 14.6 Å². The highest BCUT2D eigenvalue weighted by Gasteiger charge is 1.98. The fourth-order valence-corrected chi connectivity index (χ4v) is 1.17. The molecule has 0 bridgehead atoms. The van der Waals surface area contributed by atoms with E-state index in [2.05, 4.69) is 16.3 Å². The van der Waals surface area contributed by atoms with Crippen LogP contribution in [0, 0.1) is 20.0 Å². The summed E-state index contributed by atoms with van der Waals surface area (Å²) in [7, 11) is 0. The summed E-state index contributed by atoms with van der Waals surface area (Å²) in [4.78, 5) is 4.29. The van der Waals surface area contributed by atoms with Crippen molar-refractivity contribution < 1.29 is 0 Å². The summed E-state index contributed by atoms with van der Waals surface area (Å²) < 4.78 is 1.79. The van der Waals surface area contributed by atoms with E-state index in [-0.39, 0.29) is 0 Å². The van der Waals surface area contributed by atoms with E-state index in [9.17, 15) is 0 Å². The van der Waals surface area contributed by atoms with E-state index < -0.39 is 0 Å². The van der Waals surface area contributed by atoms with Crippen molar-refractivity contribution >= 4 is 5.52 Å². The molecule has 0 atom stereocenters. The smallest absolute Gasteiger partial charge is 0.114 e. The fourth-order valence-electron chi connectivity index (χ4n) is 1.17. The molecular weight excluding hydrogens is 138 g/mol. The molecule has 0 aromatic carbocycles. The molecule has 55 valence electrons. The second-order valence-corrected chi connectivity index (χ2v) is 2.57. The molecule has 2 rings (SSSR count). The number of hydrogen-bond acceptors (Lipinski definition) is 2. The molecule has 0 N–H and O–H groups in total. The highest BCUT2D eigenvalue weighted by molar-refractivity contribution is 5.49. The van der Waals surface area contributed by atoms with Crippen LogP contribution in [0.2, 0.25) is 0 Å². The lowest BCUT2D eigenvalue weighted by Crippen LogP contribution is -1.94. The summed E-state index contributed by atoms with van der Waals surface area (Å²) >= 11 is 0. The summed E-state index contributed by atoms with van der Waals surface area (Å²) in [6, 6.07) is 1.84. The molecule has 0 saturated heterocycles. The Morgan fingerprint density at radius 3 is 3.09 bits per heavy atom. The largest absolute Gasteiger partial charge is 0.255 e. The van der Waals surface area contributed by atoms with E-state index in [1.165, 1.54) is 0 Å². The quantitative estimate of drug-likeness (QED) is 0.558. The Morgan fingerprint density at radius 2 is 2.27 bits per heavy atom. The van der Waals surface area contributed by atoms with Crippen molar-refractivity contribution in [3.63, 3.8) is 0 Å². The lowest BCUT2D eigenvalue weighted by molar-refractivity contribution is 0.911. The summed E-state index contributed by atoms with van der Waals surface area (Å²) in [6.07, 6.45) is 4.67. The van der Waals surface area contributed by atoms with Gasteiger partial charge in [0.05, 0.1) is 23.1 Å². The van der Waals surface area contributed by atoms with Crippen molar-refractivity contribution in [2.45, 2.75) is 13.8 Å². The third-order valence-electron chi connectivity index (χ3n) is 1.64. The Bertz CT molecular complexity index is 389. The third kappa shape index (κ3) is 0.888. The first kappa shape index (κ1) is 6.34. The Balaban J connectivity index is 2.91. The standard InChI is InChI=1S/C8H8N3/c1-6-5-11-8(3-4-9-11)7(2)10-6/h3,5H,1-2H3. The molecule has 0 aliphatic heterocycles. The van der Waals surface area contributed by atoms with E-state index in [0.29, 0.717) is 0 Å². The molecule has 2 aromatic rings. The summed E-state index contributed by atoms with van der Waals surface area (Å²) in [5.41, 5.74) is 3.00. The van der Waals surface area contributed by atoms with Crippen molar-refractivity contribution in [2.75, 3.05) is 0 Å². The monoisotopic (exact) mass is 146 g/mol. The molecule has 0 amide bonds. The Kier molecular flexibility index (Phi) is 1.18. The number of hydrogen-bond donors (Lipinski definition) is 0. The van der Waals surface area contributed by atoms with Crippen LogP contribution >= 0.6 is 0 Å². The molecule has 0 aliphatic carbocycles. The molecule has 3 nitrogen and oxygen atoms in total. The van der Waals surface area contributed by atoms with Gasteiger partial charge in [-0.3, -0.25) is 4.98 Å². The Hall–Kier alpha value is -1.38. The molecule has 0 fully saturated rings. The first-order valence-corrected chi connectivity index (χ1v) is 3.47. The van der Waals surface area contributed by atoms with Crippen molar-refractivity contribution in [1.82, 2.24) is 14.6 Å². The molecular formula is C8H8N3. The van der Waals surface area contributed by atoms with Crippen molar-refractivity contribution in [2.24, 2.45) is 0 Å². The van der Waals surface area contributed by atoms with Gasteiger partial charge in [0.2, 0.25) is 0 Å². The van der Waals surface area contributed by atoms with Gasteiger partial charge < -0.3 is 0 Å². The molecule has 0 unspecified atom stereocenters. The van der Waals surface area contributed by atoms with Gasteiger partial charge in [0, 0.05) is 0 Å². The van der Waals surface area contributed by atoms with Crippen LogP contribution in [0.5, 0.6) is 0 Å². The van der Waals surface area contributed by atoms with E-state index >= 15 is 0 Å². The van der Waals surface area contributed by atoms with Gasteiger partial charge in [-0.2, -0.15) is 5.10 Å². The summed E-state index contributed by atoms with van der Waals surface area (Å²) in [5, 5.41) is 3.99. The average Bonchev–Trinajstić information content (AvgIpc) is 2.34. The normalized spacial score (nSPS) is 10.7. The number of fused-ring (bicyclic) bond motifs is 1. The summed E-state index contributed by atoms with van der Waals surface area (Å²) in [5.74, 6) is 0. The minimum atomic E-state index is 0.979. The van der Waals surface area contributed by atoms with Gasteiger partial charge in [0.1, 0.15) is 6.20 Å². The molecule has 0 saturated carbocycles. The maximum atomic E-state index is 4.29. The number of aryl methyl sites for hydroxylation is 2. The van der Waals surface area contributed by atoms with Crippen LogP contribution in [0.1, 0.15) is 11.4 Å². The van der Waals surface area contributed by atoms with Gasteiger partial charge in [-0.05, 0) is 19.9 Å². The Morgan fingerprint density at radius 1 is 1.45 bits per heavy atom. The maximum absolute atomic E-state index is 4.29. The van der Waals surface area contributed by atoms with Gasteiger partial charge in [0.25, 0.3) is 0 Å². The van der Waals surface area contributed by atoms with Crippen molar-refractivity contribution in [1.29, 1.82) is 0 Å². The zero-order valence-electron chi connectivity index (χ0n) is 6.50. The molecule has 11 heavy (non-hydrogen) atoms. The molecule has 2 aromatic heterocycles. The lowest BCUT2D eigenvalue weighted by Gasteiger charge is -1.98. The molecule has 0 aliphatic rings. The van der Waals surface area contributed by atoms with E-state index in [1.807, 2.05) is 26.1 Å². The van der Waals surface area contributed by atoms with E-state index in [4.69, 9.17) is 0 Å². The van der Waals surface area contributed by atoms with Gasteiger partial charge >= 0.3 is 0 Å². The van der Waals surface area contributed by atoms with Crippen LogP contribution in [0.15, 0.2) is 12.3 Å².